The lowest BCUT2D eigenvalue weighted by molar-refractivity contribution is -0.119. The largest absolute Gasteiger partial charge is 0.321 e. The van der Waals surface area contributed by atoms with Crippen molar-refractivity contribution in [3.8, 4) is 0 Å². The molecule has 0 bridgehead atoms. The number of carbonyl (C=O) groups excluding carboxylic acids is 1. The highest BCUT2D eigenvalue weighted by Gasteiger charge is 2.16. The van der Waals surface area contributed by atoms with E-state index in [2.05, 4.69) is 0 Å². The molecule has 18 heavy (non-hydrogen) atoms. The van der Waals surface area contributed by atoms with E-state index in [1.165, 1.54) is 24.3 Å². The number of hydrogen-bond acceptors (Lipinski definition) is 4. The van der Waals surface area contributed by atoms with Crippen molar-refractivity contribution < 1.29 is 17.6 Å². The standard InChI is InChI=1S/C12H16FNO3S/c1-18(16,17)7-6-11(14)12(15)8-9-2-4-10(13)5-3-9/h2-5,11H,6-8,14H2,1H3. The highest BCUT2D eigenvalue weighted by atomic mass is 32.2. The van der Waals surface area contributed by atoms with Crippen LogP contribution in [0.1, 0.15) is 12.0 Å². The average Bonchev–Trinajstić information content (AvgIpc) is 2.28. The lowest BCUT2D eigenvalue weighted by Gasteiger charge is -2.09. The molecule has 0 amide bonds. The van der Waals surface area contributed by atoms with E-state index < -0.39 is 15.9 Å². The fraction of sp³-hybridized carbons (Fsp3) is 0.417. The van der Waals surface area contributed by atoms with Crippen molar-refractivity contribution in [2.24, 2.45) is 5.73 Å². The molecule has 0 aliphatic rings. The summed E-state index contributed by atoms with van der Waals surface area (Å²) in [6, 6.07) is 4.76. The molecule has 0 fully saturated rings. The zero-order valence-corrected chi connectivity index (χ0v) is 10.9. The van der Waals surface area contributed by atoms with Crippen LogP contribution in [0, 0.1) is 5.82 Å². The molecule has 0 heterocycles. The summed E-state index contributed by atoms with van der Waals surface area (Å²) in [4.78, 5) is 11.7. The molecule has 0 spiro atoms. The van der Waals surface area contributed by atoms with Gasteiger partial charge in [0.2, 0.25) is 0 Å². The maximum atomic E-state index is 12.7. The van der Waals surface area contributed by atoms with Gasteiger partial charge in [0, 0.05) is 12.7 Å². The molecular weight excluding hydrogens is 257 g/mol. The lowest BCUT2D eigenvalue weighted by Crippen LogP contribution is -2.33. The number of nitrogens with two attached hydrogens (primary N) is 1. The summed E-state index contributed by atoms with van der Waals surface area (Å²) in [5.74, 6) is -0.721. The minimum atomic E-state index is -3.11. The summed E-state index contributed by atoms with van der Waals surface area (Å²) < 4.78 is 34.5. The van der Waals surface area contributed by atoms with Gasteiger partial charge in [0.25, 0.3) is 0 Å². The highest BCUT2D eigenvalue weighted by Crippen LogP contribution is 2.06. The van der Waals surface area contributed by atoms with E-state index in [1.807, 2.05) is 0 Å². The van der Waals surface area contributed by atoms with Gasteiger partial charge < -0.3 is 5.73 Å². The van der Waals surface area contributed by atoms with Crippen LogP contribution in [0.15, 0.2) is 24.3 Å². The Hall–Kier alpha value is -1.27. The fourth-order valence-corrected chi connectivity index (χ4v) is 2.12. The number of hydrogen-bond donors (Lipinski definition) is 1. The van der Waals surface area contributed by atoms with E-state index in [0.29, 0.717) is 5.56 Å². The molecule has 0 aromatic heterocycles. The first kappa shape index (κ1) is 14.8. The van der Waals surface area contributed by atoms with Crippen LogP contribution in [-0.2, 0) is 21.1 Å². The van der Waals surface area contributed by atoms with Crippen molar-refractivity contribution in [3.05, 3.63) is 35.6 Å². The summed E-state index contributed by atoms with van der Waals surface area (Å²) in [6.07, 6.45) is 1.30. The third kappa shape index (κ3) is 5.37. The molecule has 0 aliphatic carbocycles. The SMILES string of the molecule is CS(=O)(=O)CCC(N)C(=O)Cc1ccc(F)cc1. The van der Waals surface area contributed by atoms with Crippen molar-refractivity contribution in [1.82, 2.24) is 0 Å². The number of Topliss-reactive ketones (excluding diaryl/α,β-unsaturated/α-hetero) is 1. The Balaban J connectivity index is 2.52. The Kier molecular flexibility index (Phi) is 4.98. The van der Waals surface area contributed by atoms with Gasteiger partial charge in [-0.05, 0) is 24.1 Å². The maximum absolute atomic E-state index is 12.7. The van der Waals surface area contributed by atoms with Crippen molar-refractivity contribution in [3.63, 3.8) is 0 Å². The fourth-order valence-electron chi connectivity index (χ4n) is 1.44. The molecule has 1 rings (SSSR count). The highest BCUT2D eigenvalue weighted by molar-refractivity contribution is 7.90. The number of sulfone groups is 1. The Bertz CT molecular complexity index is 511. The summed E-state index contributed by atoms with van der Waals surface area (Å²) in [5.41, 5.74) is 6.28. The molecular formula is C12H16FNO3S. The van der Waals surface area contributed by atoms with Gasteiger partial charge in [-0.15, -0.1) is 0 Å². The monoisotopic (exact) mass is 273 g/mol. The second-order valence-corrected chi connectivity index (χ2v) is 6.55. The second-order valence-electron chi connectivity index (χ2n) is 4.29. The molecule has 2 N–H and O–H groups in total. The summed E-state index contributed by atoms with van der Waals surface area (Å²) in [7, 11) is -3.11. The zero-order valence-electron chi connectivity index (χ0n) is 10.1. The minimum Gasteiger partial charge on any atom is -0.321 e. The predicted molar refractivity (Wildman–Crippen MR) is 67.4 cm³/mol. The van der Waals surface area contributed by atoms with E-state index in [4.69, 9.17) is 5.73 Å². The molecule has 0 saturated heterocycles. The molecule has 0 aliphatic heterocycles. The Morgan fingerprint density at radius 2 is 1.89 bits per heavy atom. The van der Waals surface area contributed by atoms with Crippen LogP contribution in [0.5, 0.6) is 0 Å². The third-order valence-electron chi connectivity index (χ3n) is 2.50. The van der Waals surface area contributed by atoms with Crippen molar-refractivity contribution >= 4 is 15.6 Å². The Morgan fingerprint density at radius 3 is 2.39 bits per heavy atom. The van der Waals surface area contributed by atoms with Crippen LogP contribution in [0.3, 0.4) is 0 Å². The molecule has 100 valence electrons. The van der Waals surface area contributed by atoms with Crippen LogP contribution in [0.4, 0.5) is 4.39 Å². The summed E-state index contributed by atoms with van der Waals surface area (Å²) in [6.45, 7) is 0. The van der Waals surface area contributed by atoms with Crippen LogP contribution in [0.2, 0.25) is 0 Å². The third-order valence-corrected chi connectivity index (χ3v) is 3.48. The smallest absolute Gasteiger partial charge is 0.153 e. The first-order chi connectivity index (χ1) is 8.28. The van der Waals surface area contributed by atoms with Gasteiger partial charge in [0.15, 0.2) is 5.78 Å². The average molecular weight is 273 g/mol. The van der Waals surface area contributed by atoms with Crippen LogP contribution in [-0.4, -0.2) is 32.3 Å². The molecule has 1 atom stereocenters. The van der Waals surface area contributed by atoms with Crippen molar-refractivity contribution in [2.75, 3.05) is 12.0 Å². The first-order valence-electron chi connectivity index (χ1n) is 5.48. The number of benzene rings is 1. The molecule has 1 aromatic carbocycles. The van der Waals surface area contributed by atoms with Crippen LogP contribution >= 0.6 is 0 Å². The molecule has 1 unspecified atom stereocenters. The second kappa shape index (κ2) is 6.06. The molecule has 0 radical (unpaired) electrons. The first-order valence-corrected chi connectivity index (χ1v) is 7.54. The van der Waals surface area contributed by atoms with Gasteiger partial charge in [-0.1, -0.05) is 12.1 Å². The van der Waals surface area contributed by atoms with Gasteiger partial charge in [-0.2, -0.15) is 0 Å². The molecule has 4 nitrogen and oxygen atoms in total. The number of rotatable bonds is 6. The topological polar surface area (TPSA) is 77.2 Å². The van der Waals surface area contributed by atoms with E-state index in [0.717, 1.165) is 6.26 Å². The zero-order chi connectivity index (χ0) is 13.8. The molecule has 0 saturated carbocycles. The Morgan fingerprint density at radius 1 is 1.33 bits per heavy atom. The minimum absolute atomic E-state index is 0.0885. The van der Waals surface area contributed by atoms with Gasteiger partial charge in [-0.25, -0.2) is 12.8 Å². The van der Waals surface area contributed by atoms with Crippen LogP contribution in [0.25, 0.3) is 0 Å². The predicted octanol–water partition coefficient (Wildman–Crippen LogP) is 0.699. The summed E-state index contributed by atoms with van der Waals surface area (Å²) in [5, 5.41) is 0. The van der Waals surface area contributed by atoms with E-state index >= 15 is 0 Å². The van der Waals surface area contributed by atoms with Gasteiger partial charge in [0.05, 0.1) is 11.8 Å². The molecule has 6 heteroatoms. The lowest BCUT2D eigenvalue weighted by atomic mass is 10.0. The number of carbonyl (C=O) groups is 1. The van der Waals surface area contributed by atoms with Gasteiger partial charge in [-0.3, -0.25) is 4.79 Å². The van der Waals surface area contributed by atoms with Crippen molar-refractivity contribution in [1.29, 1.82) is 0 Å². The summed E-state index contributed by atoms with van der Waals surface area (Å²) >= 11 is 0. The Labute approximate surface area is 106 Å². The van der Waals surface area contributed by atoms with E-state index in [9.17, 15) is 17.6 Å². The maximum Gasteiger partial charge on any atom is 0.153 e. The quantitative estimate of drug-likeness (QED) is 0.827. The number of ketones is 1. The van der Waals surface area contributed by atoms with Gasteiger partial charge in [0.1, 0.15) is 15.7 Å². The normalized spacial score (nSPS) is 13.3. The van der Waals surface area contributed by atoms with Crippen molar-refractivity contribution in [2.45, 2.75) is 18.9 Å². The molecule has 1 aromatic rings. The van der Waals surface area contributed by atoms with E-state index in [1.54, 1.807) is 0 Å². The van der Waals surface area contributed by atoms with E-state index in [-0.39, 0.29) is 30.2 Å². The van der Waals surface area contributed by atoms with Gasteiger partial charge >= 0.3 is 0 Å². The van der Waals surface area contributed by atoms with Crippen LogP contribution < -0.4 is 5.73 Å². The number of halogens is 1.